The van der Waals surface area contributed by atoms with Crippen LogP contribution < -0.4 is 0 Å². The van der Waals surface area contributed by atoms with Crippen LogP contribution in [0.3, 0.4) is 0 Å². The van der Waals surface area contributed by atoms with Gasteiger partial charge in [-0.15, -0.1) is 0 Å². The second-order valence-corrected chi connectivity index (χ2v) is 5.61. The molecule has 0 aliphatic heterocycles. The van der Waals surface area contributed by atoms with Crippen LogP contribution >= 0.6 is 0 Å². The highest BCUT2D eigenvalue weighted by molar-refractivity contribution is 5.90. The third-order valence-corrected chi connectivity index (χ3v) is 3.57. The lowest BCUT2D eigenvalue weighted by Crippen LogP contribution is -2.21. The van der Waals surface area contributed by atoms with Gasteiger partial charge in [0.25, 0.3) is 0 Å². The van der Waals surface area contributed by atoms with E-state index in [9.17, 15) is 4.79 Å². The molecular formula is C15H19NO2. The smallest absolute Gasteiger partial charge is 0.304 e. The van der Waals surface area contributed by atoms with Crippen molar-refractivity contribution in [1.29, 1.82) is 0 Å². The van der Waals surface area contributed by atoms with Crippen LogP contribution in [0.2, 0.25) is 0 Å². The first-order valence-corrected chi connectivity index (χ1v) is 6.12. The van der Waals surface area contributed by atoms with Gasteiger partial charge in [-0.05, 0) is 30.5 Å². The Morgan fingerprint density at radius 1 is 1.28 bits per heavy atom. The van der Waals surface area contributed by atoms with Crippen molar-refractivity contribution in [3.8, 4) is 0 Å². The Bertz CT molecular complexity index is 608. The number of rotatable bonds is 3. The SMILES string of the molecule is Cc1ccc(C)c2c(C(C)(C)CC(=O)O)c[nH]c12. The summed E-state index contributed by atoms with van der Waals surface area (Å²) >= 11 is 0. The zero-order chi connectivity index (χ0) is 13.5. The van der Waals surface area contributed by atoms with E-state index in [1.807, 2.05) is 20.0 Å². The third-order valence-electron chi connectivity index (χ3n) is 3.57. The van der Waals surface area contributed by atoms with Crippen LogP contribution in [0.1, 0.15) is 37.0 Å². The lowest BCUT2D eigenvalue weighted by atomic mass is 9.80. The van der Waals surface area contributed by atoms with Crippen molar-refractivity contribution in [2.45, 2.75) is 39.5 Å². The monoisotopic (exact) mass is 245 g/mol. The minimum Gasteiger partial charge on any atom is -0.481 e. The number of fused-ring (bicyclic) bond motifs is 1. The van der Waals surface area contributed by atoms with Gasteiger partial charge < -0.3 is 10.1 Å². The fraction of sp³-hybridized carbons (Fsp3) is 0.400. The molecule has 0 bridgehead atoms. The fourth-order valence-electron chi connectivity index (χ4n) is 2.57. The van der Waals surface area contributed by atoms with Gasteiger partial charge in [0.15, 0.2) is 0 Å². The Morgan fingerprint density at radius 2 is 1.89 bits per heavy atom. The number of H-pyrrole nitrogens is 1. The highest BCUT2D eigenvalue weighted by Crippen LogP contribution is 2.35. The van der Waals surface area contributed by atoms with Gasteiger partial charge >= 0.3 is 5.97 Å². The molecule has 1 heterocycles. The molecule has 1 aromatic carbocycles. The van der Waals surface area contributed by atoms with Crippen LogP contribution in [-0.4, -0.2) is 16.1 Å². The Labute approximate surface area is 107 Å². The van der Waals surface area contributed by atoms with E-state index in [4.69, 9.17) is 5.11 Å². The molecule has 0 fully saturated rings. The molecule has 2 N–H and O–H groups in total. The van der Waals surface area contributed by atoms with Crippen LogP contribution in [0.25, 0.3) is 10.9 Å². The molecule has 96 valence electrons. The molecule has 3 nitrogen and oxygen atoms in total. The lowest BCUT2D eigenvalue weighted by Gasteiger charge is -2.22. The summed E-state index contributed by atoms with van der Waals surface area (Å²) in [6, 6.07) is 4.17. The average molecular weight is 245 g/mol. The van der Waals surface area contributed by atoms with Gasteiger partial charge in [-0.25, -0.2) is 0 Å². The summed E-state index contributed by atoms with van der Waals surface area (Å²) in [5.41, 5.74) is 4.20. The van der Waals surface area contributed by atoms with Crippen molar-refractivity contribution >= 4 is 16.9 Å². The zero-order valence-corrected chi connectivity index (χ0v) is 11.3. The molecule has 0 spiro atoms. The minimum atomic E-state index is -0.764. The number of aromatic nitrogens is 1. The second kappa shape index (κ2) is 4.16. The third kappa shape index (κ3) is 2.01. The van der Waals surface area contributed by atoms with E-state index < -0.39 is 5.97 Å². The van der Waals surface area contributed by atoms with Crippen LogP contribution in [0.15, 0.2) is 18.3 Å². The molecular weight excluding hydrogens is 226 g/mol. The Hall–Kier alpha value is -1.77. The zero-order valence-electron chi connectivity index (χ0n) is 11.3. The standard InChI is InChI=1S/C15H19NO2/c1-9-5-6-10(2)14-13(9)11(8-16-14)15(3,4)7-12(17)18/h5-6,8,16H,7H2,1-4H3,(H,17,18). The van der Waals surface area contributed by atoms with Gasteiger partial charge in [-0.3, -0.25) is 4.79 Å². The predicted molar refractivity (Wildman–Crippen MR) is 73.1 cm³/mol. The number of hydrogen-bond donors (Lipinski definition) is 2. The summed E-state index contributed by atoms with van der Waals surface area (Å²) in [7, 11) is 0. The van der Waals surface area contributed by atoms with Crippen LogP contribution in [0.5, 0.6) is 0 Å². The van der Waals surface area contributed by atoms with Crippen LogP contribution in [0.4, 0.5) is 0 Å². The van der Waals surface area contributed by atoms with Crippen molar-refractivity contribution in [2.24, 2.45) is 0 Å². The summed E-state index contributed by atoms with van der Waals surface area (Å²) in [6.45, 7) is 8.08. The summed E-state index contributed by atoms with van der Waals surface area (Å²) in [6.07, 6.45) is 2.08. The Balaban J connectivity index is 2.66. The maximum absolute atomic E-state index is 11.0. The highest BCUT2D eigenvalue weighted by atomic mass is 16.4. The molecule has 1 aromatic heterocycles. The van der Waals surface area contributed by atoms with E-state index in [1.165, 1.54) is 16.5 Å². The maximum Gasteiger partial charge on any atom is 0.304 e. The van der Waals surface area contributed by atoms with Crippen LogP contribution in [0, 0.1) is 13.8 Å². The van der Waals surface area contributed by atoms with Crippen molar-refractivity contribution in [2.75, 3.05) is 0 Å². The van der Waals surface area contributed by atoms with E-state index >= 15 is 0 Å². The van der Waals surface area contributed by atoms with Gasteiger partial charge in [-0.2, -0.15) is 0 Å². The average Bonchev–Trinajstić information content (AvgIpc) is 2.68. The number of aromatic amines is 1. The lowest BCUT2D eigenvalue weighted by molar-refractivity contribution is -0.138. The van der Waals surface area contributed by atoms with Crippen molar-refractivity contribution in [3.05, 3.63) is 35.0 Å². The van der Waals surface area contributed by atoms with Gasteiger partial charge in [-0.1, -0.05) is 26.0 Å². The molecule has 2 rings (SSSR count). The first kappa shape index (κ1) is 12.7. The van der Waals surface area contributed by atoms with E-state index in [0.29, 0.717) is 0 Å². The molecule has 3 heteroatoms. The summed E-state index contributed by atoms with van der Waals surface area (Å²) in [5.74, 6) is -0.764. The normalized spacial score (nSPS) is 12.0. The number of hydrogen-bond acceptors (Lipinski definition) is 1. The molecule has 0 atom stereocenters. The second-order valence-electron chi connectivity index (χ2n) is 5.61. The topological polar surface area (TPSA) is 53.1 Å². The first-order chi connectivity index (χ1) is 8.33. The number of benzene rings is 1. The number of carboxylic acid groups (broad SMARTS) is 1. The number of carbonyl (C=O) groups is 1. The molecule has 0 aliphatic carbocycles. The molecule has 18 heavy (non-hydrogen) atoms. The number of carboxylic acids is 1. The summed E-state index contributed by atoms with van der Waals surface area (Å²) in [5, 5.41) is 10.2. The van der Waals surface area contributed by atoms with Gasteiger partial charge in [0.1, 0.15) is 0 Å². The minimum absolute atomic E-state index is 0.132. The fourth-order valence-corrected chi connectivity index (χ4v) is 2.57. The Kier molecular flexibility index (Phi) is 2.93. The first-order valence-electron chi connectivity index (χ1n) is 6.12. The molecule has 0 unspecified atom stereocenters. The molecule has 0 radical (unpaired) electrons. The van der Waals surface area contributed by atoms with Gasteiger partial charge in [0, 0.05) is 22.5 Å². The molecule has 0 saturated heterocycles. The van der Waals surface area contributed by atoms with Crippen molar-refractivity contribution in [1.82, 2.24) is 4.98 Å². The summed E-state index contributed by atoms with van der Waals surface area (Å²) < 4.78 is 0. The number of nitrogens with one attached hydrogen (secondary N) is 1. The predicted octanol–water partition coefficient (Wildman–Crippen LogP) is 3.54. The number of aryl methyl sites for hydroxylation is 2. The number of aliphatic carboxylic acids is 1. The van der Waals surface area contributed by atoms with Gasteiger partial charge in [0.05, 0.1) is 6.42 Å². The molecule has 0 amide bonds. The van der Waals surface area contributed by atoms with Crippen molar-refractivity contribution < 1.29 is 9.90 Å². The van der Waals surface area contributed by atoms with Crippen molar-refractivity contribution in [3.63, 3.8) is 0 Å². The van der Waals surface area contributed by atoms with Crippen LogP contribution in [-0.2, 0) is 10.2 Å². The maximum atomic E-state index is 11.0. The molecule has 0 aliphatic rings. The Morgan fingerprint density at radius 3 is 2.50 bits per heavy atom. The van der Waals surface area contributed by atoms with E-state index in [0.717, 1.165) is 11.1 Å². The van der Waals surface area contributed by atoms with E-state index in [2.05, 4.69) is 31.0 Å². The largest absolute Gasteiger partial charge is 0.481 e. The summed E-state index contributed by atoms with van der Waals surface area (Å²) in [4.78, 5) is 14.3. The van der Waals surface area contributed by atoms with E-state index in [-0.39, 0.29) is 11.8 Å². The van der Waals surface area contributed by atoms with E-state index in [1.54, 1.807) is 0 Å². The molecule has 2 aromatic rings. The quantitative estimate of drug-likeness (QED) is 0.869. The highest BCUT2D eigenvalue weighted by Gasteiger charge is 2.27. The van der Waals surface area contributed by atoms with Gasteiger partial charge in [0.2, 0.25) is 0 Å². The molecule has 0 saturated carbocycles.